The standard InChI is InChI=1S/C12H27NO/c1-5-11(6-2)12(14)9-13-8-7-10(3)4/h10-14H,5-9H2,1-4H3. The third kappa shape index (κ3) is 6.39. The molecule has 0 fully saturated rings. The van der Waals surface area contributed by atoms with E-state index in [4.69, 9.17) is 0 Å². The van der Waals surface area contributed by atoms with Gasteiger partial charge in [0.1, 0.15) is 0 Å². The van der Waals surface area contributed by atoms with Gasteiger partial charge < -0.3 is 10.4 Å². The fourth-order valence-corrected chi connectivity index (χ4v) is 1.64. The smallest absolute Gasteiger partial charge is 0.0692 e. The zero-order chi connectivity index (χ0) is 11.0. The molecule has 0 heterocycles. The SMILES string of the molecule is CCC(CC)C(O)CNCCC(C)C. The number of rotatable bonds is 8. The van der Waals surface area contributed by atoms with Gasteiger partial charge in [-0.25, -0.2) is 0 Å². The van der Waals surface area contributed by atoms with Crippen molar-refractivity contribution in [2.75, 3.05) is 13.1 Å². The fraction of sp³-hybridized carbons (Fsp3) is 1.00. The lowest BCUT2D eigenvalue weighted by molar-refractivity contribution is 0.101. The van der Waals surface area contributed by atoms with Gasteiger partial charge in [-0.3, -0.25) is 0 Å². The van der Waals surface area contributed by atoms with E-state index in [0.717, 1.165) is 31.8 Å². The molecule has 0 amide bonds. The average Bonchev–Trinajstić information content (AvgIpc) is 2.14. The first-order chi connectivity index (χ1) is 6.61. The van der Waals surface area contributed by atoms with Crippen LogP contribution in [-0.2, 0) is 0 Å². The van der Waals surface area contributed by atoms with Crippen LogP contribution in [0.4, 0.5) is 0 Å². The van der Waals surface area contributed by atoms with Gasteiger partial charge in [-0.2, -0.15) is 0 Å². The monoisotopic (exact) mass is 201 g/mol. The number of hydrogen-bond acceptors (Lipinski definition) is 2. The quantitative estimate of drug-likeness (QED) is 0.591. The molecule has 2 heteroatoms. The maximum absolute atomic E-state index is 9.81. The molecule has 0 radical (unpaired) electrons. The van der Waals surface area contributed by atoms with E-state index < -0.39 is 0 Å². The fourth-order valence-electron chi connectivity index (χ4n) is 1.64. The number of aliphatic hydroxyl groups excluding tert-OH is 1. The van der Waals surface area contributed by atoms with Gasteiger partial charge in [0.2, 0.25) is 0 Å². The Kier molecular flexibility index (Phi) is 8.20. The molecule has 2 nitrogen and oxygen atoms in total. The minimum Gasteiger partial charge on any atom is -0.392 e. The van der Waals surface area contributed by atoms with Crippen LogP contribution in [0.25, 0.3) is 0 Å². The Morgan fingerprint density at radius 3 is 2.14 bits per heavy atom. The predicted octanol–water partition coefficient (Wildman–Crippen LogP) is 2.42. The molecule has 14 heavy (non-hydrogen) atoms. The Morgan fingerprint density at radius 2 is 1.71 bits per heavy atom. The first kappa shape index (κ1) is 13.9. The van der Waals surface area contributed by atoms with Gasteiger partial charge in [0.25, 0.3) is 0 Å². The topological polar surface area (TPSA) is 32.3 Å². The molecule has 0 saturated heterocycles. The van der Waals surface area contributed by atoms with Crippen LogP contribution in [0.15, 0.2) is 0 Å². The van der Waals surface area contributed by atoms with Crippen molar-refractivity contribution in [2.24, 2.45) is 11.8 Å². The molecule has 0 rings (SSSR count). The van der Waals surface area contributed by atoms with Gasteiger partial charge in [0.15, 0.2) is 0 Å². The molecule has 1 unspecified atom stereocenters. The second kappa shape index (κ2) is 8.25. The third-order valence-corrected chi connectivity index (χ3v) is 2.84. The van der Waals surface area contributed by atoms with Crippen LogP contribution in [0.5, 0.6) is 0 Å². The van der Waals surface area contributed by atoms with Crippen LogP contribution in [-0.4, -0.2) is 24.3 Å². The summed E-state index contributed by atoms with van der Waals surface area (Å²) in [6, 6.07) is 0. The molecule has 0 aliphatic heterocycles. The Labute approximate surface area is 89.1 Å². The summed E-state index contributed by atoms with van der Waals surface area (Å²) >= 11 is 0. The molecule has 0 aromatic heterocycles. The van der Waals surface area contributed by atoms with Crippen molar-refractivity contribution in [2.45, 2.75) is 53.1 Å². The van der Waals surface area contributed by atoms with Crippen molar-refractivity contribution in [3.05, 3.63) is 0 Å². The lowest BCUT2D eigenvalue weighted by atomic mass is 9.96. The summed E-state index contributed by atoms with van der Waals surface area (Å²) in [6.07, 6.45) is 3.17. The molecule has 0 bridgehead atoms. The Balaban J connectivity index is 3.47. The van der Waals surface area contributed by atoms with Gasteiger partial charge in [-0.15, -0.1) is 0 Å². The lowest BCUT2D eigenvalue weighted by Gasteiger charge is -2.20. The van der Waals surface area contributed by atoms with Crippen LogP contribution < -0.4 is 5.32 Å². The Morgan fingerprint density at radius 1 is 1.14 bits per heavy atom. The average molecular weight is 201 g/mol. The van der Waals surface area contributed by atoms with Crippen LogP contribution in [0.1, 0.15) is 47.0 Å². The van der Waals surface area contributed by atoms with E-state index in [-0.39, 0.29) is 6.10 Å². The highest BCUT2D eigenvalue weighted by molar-refractivity contribution is 4.68. The summed E-state index contributed by atoms with van der Waals surface area (Å²) in [7, 11) is 0. The number of nitrogens with one attached hydrogen (secondary N) is 1. The van der Waals surface area contributed by atoms with Gasteiger partial charge in [0.05, 0.1) is 6.10 Å². The Bertz CT molecular complexity index is 121. The zero-order valence-corrected chi connectivity index (χ0v) is 10.2. The first-order valence-electron chi connectivity index (χ1n) is 6.00. The van der Waals surface area contributed by atoms with E-state index in [0.29, 0.717) is 5.92 Å². The van der Waals surface area contributed by atoms with E-state index in [9.17, 15) is 5.11 Å². The second-order valence-electron chi connectivity index (χ2n) is 4.53. The van der Waals surface area contributed by atoms with Crippen LogP contribution in [0.2, 0.25) is 0 Å². The zero-order valence-electron chi connectivity index (χ0n) is 10.2. The maximum atomic E-state index is 9.81. The van der Waals surface area contributed by atoms with Crippen molar-refractivity contribution in [3.63, 3.8) is 0 Å². The molecule has 0 aliphatic carbocycles. The van der Waals surface area contributed by atoms with Gasteiger partial charge in [0, 0.05) is 6.54 Å². The van der Waals surface area contributed by atoms with Crippen molar-refractivity contribution in [3.8, 4) is 0 Å². The van der Waals surface area contributed by atoms with Crippen LogP contribution >= 0.6 is 0 Å². The first-order valence-corrected chi connectivity index (χ1v) is 6.00. The molecule has 2 N–H and O–H groups in total. The van der Waals surface area contributed by atoms with Crippen LogP contribution in [0.3, 0.4) is 0 Å². The summed E-state index contributed by atoms with van der Waals surface area (Å²) in [5.74, 6) is 1.20. The van der Waals surface area contributed by atoms with E-state index in [2.05, 4.69) is 33.0 Å². The molecule has 0 aromatic rings. The van der Waals surface area contributed by atoms with Crippen molar-refractivity contribution < 1.29 is 5.11 Å². The molecule has 0 aromatic carbocycles. The summed E-state index contributed by atoms with van der Waals surface area (Å²) in [6.45, 7) is 10.5. The second-order valence-corrected chi connectivity index (χ2v) is 4.53. The minimum absolute atomic E-state index is 0.169. The lowest BCUT2D eigenvalue weighted by Crippen LogP contribution is -2.33. The van der Waals surface area contributed by atoms with Crippen molar-refractivity contribution in [1.82, 2.24) is 5.32 Å². The van der Waals surface area contributed by atoms with Gasteiger partial charge in [-0.05, 0) is 24.8 Å². The minimum atomic E-state index is -0.169. The highest BCUT2D eigenvalue weighted by Gasteiger charge is 2.14. The van der Waals surface area contributed by atoms with E-state index in [1.165, 1.54) is 6.42 Å². The van der Waals surface area contributed by atoms with Gasteiger partial charge >= 0.3 is 0 Å². The summed E-state index contributed by atoms with van der Waals surface area (Å²) < 4.78 is 0. The van der Waals surface area contributed by atoms with Crippen LogP contribution in [0, 0.1) is 11.8 Å². The Hall–Kier alpha value is -0.0800. The van der Waals surface area contributed by atoms with Crippen molar-refractivity contribution in [1.29, 1.82) is 0 Å². The highest BCUT2D eigenvalue weighted by Crippen LogP contribution is 2.12. The molecule has 86 valence electrons. The normalized spacial score (nSPS) is 13.9. The molecule has 0 saturated carbocycles. The van der Waals surface area contributed by atoms with Crippen molar-refractivity contribution >= 4 is 0 Å². The summed E-state index contributed by atoms with van der Waals surface area (Å²) in [5, 5.41) is 13.1. The largest absolute Gasteiger partial charge is 0.392 e. The number of aliphatic hydroxyl groups is 1. The number of hydrogen-bond donors (Lipinski definition) is 2. The summed E-state index contributed by atoms with van der Waals surface area (Å²) in [5.41, 5.74) is 0. The van der Waals surface area contributed by atoms with E-state index in [1.807, 2.05) is 0 Å². The third-order valence-electron chi connectivity index (χ3n) is 2.84. The molecular formula is C12H27NO. The predicted molar refractivity (Wildman–Crippen MR) is 62.4 cm³/mol. The molecular weight excluding hydrogens is 174 g/mol. The summed E-state index contributed by atoms with van der Waals surface area (Å²) in [4.78, 5) is 0. The van der Waals surface area contributed by atoms with E-state index in [1.54, 1.807) is 0 Å². The maximum Gasteiger partial charge on any atom is 0.0692 e. The van der Waals surface area contributed by atoms with E-state index >= 15 is 0 Å². The molecule has 0 aliphatic rings. The molecule has 0 spiro atoms. The molecule has 1 atom stereocenters. The van der Waals surface area contributed by atoms with Gasteiger partial charge in [-0.1, -0.05) is 40.5 Å². The highest BCUT2D eigenvalue weighted by atomic mass is 16.3.